The molecule has 2 fully saturated rings. The lowest BCUT2D eigenvalue weighted by atomic mass is 9.83. The van der Waals surface area contributed by atoms with Gasteiger partial charge in [0.15, 0.2) is 0 Å². The van der Waals surface area contributed by atoms with Crippen LogP contribution in [0.2, 0.25) is 0 Å². The average molecular weight is 636 g/mol. The van der Waals surface area contributed by atoms with Gasteiger partial charge in [-0.1, -0.05) is 24.3 Å². The second-order valence-corrected chi connectivity index (χ2v) is 14.7. The van der Waals surface area contributed by atoms with Gasteiger partial charge in [0.2, 0.25) is 15.9 Å². The largest absolute Gasteiger partial charge is 0.507 e. The number of sulfonamides is 1. The molecule has 2 heterocycles. The Labute approximate surface area is 265 Å². The number of likely N-dealkylation sites (tertiary alicyclic amines) is 1. The molecule has 5 N–H and O–H groups in total. The number of carbonyl (C=O) groups is 1. The summed E-state index contributed by atoms with van der Waals surface area (Å²) >= 11 is 0. The van der Waals surface area contributed by atoms with Crippen LogP contribution in [-0.4, -0.2) is 64.2 Å². The Hall–Kier alpha value is -3.51. The van der Waals surface area contributed by atoms with Crippen molar-refractivity contribution in [3.8, 4) is 0 Å². The Kier molecular flexibility index (Phi) is 9.83. The highest BCUT2D eigenvalue weighted by molar-refractivity contribution is 7.89. The van der Waals surface area contributed by atoms with E-state index in [1.54, 1.807) is 18.2 Å². The van der Waals surface area contributed by atoms with Gasteiger partial charge < -0.3 is 20.5 Å². The Balaban J connectivity index is 1.47. The number of aliphatic hydroxyl groups excluding tert-OH is 1. The maximum Gasteiger partial charge on any atom is 0.240 e. The van der Waals surface area contributed by atoms with Crippen LogP contribution in [0.5, 0.6) is 0 Å². The molecule has 1 aromatic heterocycles. The van der Waals surface area contributed by atoms with Crippen LogP contribution >= 0.6 is 0 Å². The highest BCUT2D eigenvalue weighted by atomic mass is 32.2. The molecule has 1 saturated carbocycles. The molecule has 0 unspecified atom stereocenters. The van der Waals surface area contributed by atoms with Crippen molar-refractivity contribution in [1.82, 2.24) is 19.2 Å². The van der Waals surface area contributed by atoms with Gasteiger partial charge in [0.25, 0.3) is 0 Å². The molecule has 1 amide bonds. The number of hydrogen-bond acceptors (Lipinski definition) is 7. The number of rotatable bonds is 11. The van der Waals surface area contributed by atoms with Gasteiger partial charge in [0.1, 0.15) is 11.6 Å². The normalized spacial score (nSPS) is 20.8. The first-order chi connectivity index (χ1) is 21.4. The summed E-state index contributed by atoms with van der Waals surface area (Å²) in [7, 11) is -3.77. The lowest BCUT2D eigenvalue weighted by molar-refractivity contribution is -0.122. The van der Waals surface area contributed by atoms with Crippen LogP contribution in [0.15, 0.2) is 60.0 Å². The summed E-state index contributed by atoms with van der Waals surface area (Å²) in [6.45, 7) is 10.1. The van der Waals surface area contributed by atoms with Crippen LogP contribution in [0, 0.1) is 11.8 Å². The van der Waals surface area contributed by atoms with Gasteiger partial charge in [0, 0.05) is 36.7 Å². The topological polar surface area (TPSA) is 151 Å². The molecule has 1 aliphatic heterocycles. The molecule has 11 heteroatoms. The molecule has 242 valence electrons. The zero-order valence-electron chi connectivity index (χ0n) is 26.2. The number of primary amides is 1. The molecule has 10 nitrogen and oxygen atoms in total. The summed E-state index contributed by atoms with van der Waals surface area (Å²) in [6, 6.07) is 12.5. The van der Waals surface area contributed by atoms with E-state index in [0.717, 1.165) is 61.9 Å². The van der Waals surface area contributed by atoms with Crippen molar-refractivity contribution >= 4 is 38.8 Å². The van der Waals surface area contributed by atoms with E-state index >= 15 is 0 Å². The molecule has 45 heavy (non-hydrogen) atoms. The van der Waals surface area contributed by atoms with Crippen LogP contribution in [0.4, 0.5) is 0 Å². The van der Waals surface area contributed by atoms with Crippen LogP contribution in [-0.2, 0) is 21.4 Å². The summed E-state index contributed by atoms with van der Waals surface area (Å²) in [6.07, 6.45) is 7.82. The Morgan fingerprint density at radius 1 is 1.11 bits per heavy atom. The number of amides is 1. The molecule has 3 aromatic rings. The summed E-state index contributed by atoms with van der Waals surface area (Å²) < 4.78 is 30.0. The summed E-state index contributed by atoms with van der Waals surface area (Å²) in [5.41, 5.74) is 8.20. The number of hydrogen-bond donors (Lipinski definition) is 4. The molecular weight excluding hydrogens is 590 g/mol. The molecule has 2 aliphatic rings. The first-order valence-corrected chi connectivity index (χ1v) is 17.2. The second kappa shape index (κ2) is 13.5. The van der Waals surface area contributed by atoms with E-state index in [4.69, 9.17) is 10.7 Å². The van der Waals surface area contributed by atoms with E-state index in [1.165, 1.54) is 18.2 Å². The molecule has 1 aliphatic carbocycles. The van der Waals surface area contributed by atoms with E-state index in [0.29, 0.717) is 30.1 Å². The van der Waals surface area contributed by atoms with E-state index in [2.05, 4.69) is 32.9 Å². The van der Waals surface area contributed by atoms with E-state index in [9.17, 15) is 23.4 Å². The van der Waals surface area contributed by atoms with Crippen molar-refractivity contribution in [2.45, 2.75) is 75.5 Å². The Morgan fingerprint density at radius 2 is 1.82 bits per heavy atom. The fraction of sp³-hybridized carbons (Fsp3) is 0.471. The first-order valence-electron chi connectivity index (χ1n) is 15.7. The number of imidazole rings is 1. The Morgan fingerprint density at radius 3 is 2.47 bits per heavy atom. The highest BCUT2D eigenvalue weighted by Gasteiger charge is 2.31. The molecule has 0 bridgehead atoms. The van der Waals surface area contributed by atoms with Crippen LogP contribution < -0.4 is 10.5 Å². The van der Waals surface area contributed by atoms with Crippen LogP contribution in [0.3, 0.4) is 0 Å². The fourth-order valence-corrected chi connectivity index (χ4v) is 7.74. The molecule has 5 rings (SSSR count). The summed E-state index contributed by atoms with van der Waals surface area (Å²) in [5.74, 6) is 0.332. The number of nitrogens with two attached hydrogens (primary N) is 1. The van der Waals surface area contributed by atoms with Gasteiger partial charge in [-0.15, -0.1) is 6.58 Å². The second-order valence-electron chi connectivity index (χ2n) is 13.0. The molecular formula is C34H45N5O5S. The van der Waals surface area contributed by atoms with Crippen LogP contribution in [0.25, 0.3) is 22.9 Å². The number of aliphatic hydroxyl groups is 2. The quantitative estimate of drug-likeness (QED) is 0.175. The minimum Gasteiger partial charge on any atom is -0.507 e. The van der Waals surface area contributed by atoms with Gasteiger partial charge >= 0.3 is 0 Å². The third-order valence-corrected chi connectivity index (χ3v) is 10.8. The van der Waals surface area contributed by atoms with Gasteiger partial charge in [-0.3, -0.25) is 9.69 Å². The zero-order valence-corrected chi connectivity index (χ0v) is 27.0. The van der Waals surface area contributed by atoms with E-state index < -0.39 is 15.6 Å². The summed E-state index contributed by atoms with van der Waals surface area (Å²) in [5, 5.41) is 21.7. The van der Waals surface area contributed by atoms with Crippen molar-refractivity contribution < 1.29 is 23.4 Å². The standard InChI is InChI=1S/C34H45N5O5S/c1-4-16-36-45(43,44)28-7-5-6-25(20-28)31(40)21-32-37-29-13-8-23(22-38-17-14-26(15-18-38)34(2,3)42)19-30(29)39(32)27-11-9-24(10-12-27)33(35)41/h4-8,13,19-21,24,26-27,36,40,42H,1,9-12,14-18,22H2,2-3H3,(H2,35,41). The average Bonchev–Trinajstić information content (AvgIpc) is 3.37. The number of carbonyl (C=O) groups excluding carboxylic acids is 1. The van der Waals surface area contributed by atoms with Gasteiger partial charge in [-0.05, 0) is 101 Å². The predicted molar refractivity (Wildman–Crippen MR) is 177 cm³/mol. The number of nitrogens with zero attached hydrogens (tertiary/aromatic N) is 3. The number of aromatic nitrogens is 2. The fourth-order valence-electron chi connectivity index (χ4n) is 6.70. The number of benzene rings is 2. The van der Waals surface area contributed by atoms with Gasteiger partial charge in [-0.25, -0.2) is 18.1 Å². The number of fused-ring (bicyclic) bond motifs is 1. The smallest absolute Gasteiger partial charge is 0.240 e. The lowest BCUT2D eigenvalue weighted by Crippen LogP contribution is -2.41. The van der Waals surface area contributed by atoms with Crippen molar-refractivity contribution in [2.75, 3.05) is 19.6 Å². The predicted octanol–water partition coefficient (Wildman–Crippen LogP) is 4.76. The molecule has 0 radical (unpaired) electrons. The van der Waals surface area contributed by atoms with E-state index in [1.807, 2.05) is 19.9 Å². The van der Waals surface area contributed by atoms with Crippen molar-refractivity contribution in [2.24, 2.45) is 17.6 Å². The molecule has 2 aromatic carbocycles. The van der Waals surface area contributed by atoms with E-state index in [-0.39, 0.29) is 35.1 Å². The number of piperidine rings is 1. The van der Waals surface area contributed by atoms with Crippen LogP contribution in [0.1, 0.15) is 75.4 Å². The maximum atomic E-state index is 12.7. The molecule has 0 spiro atoms. The third-order valence-electron chi connectivity index (χ3n) is 9.36. The third kappa shape index (κ3) is 7.66. The van der Waals surface area contributed by atoms with Crippen molar-refractivity contribution in [1.29, 1.82) is 0 Å². The zero-order chi connectivity index (χ0) is 32.4. The van der Waals surface area contributed by atoms with Crippen molar-refractivity contribution in [3.05, 3.63) is 72.1 Å². The van der Waals surface area contributed by atoms with Crippen molar-refractivity contribution in [3.63, 3.8) is 0 Å². The van der Waals surface area contributed by atoms with Gasteiger partial charge in [-0.2, -0.15) is 0 Å². The highest BCUT2D eigenvalue weighted by Crippen LogP contribution is 2.37. The monoisotopic (exact) mass is 635 g/mol. The van der Waals surface area contributed by atoms with Gasteiger partial charge in [0.05, 0.1) is 21.5 Å². The molecule has 1 saturated heterocycles. The SMILES string of the molecule is C=CCNS(=O)(=O)c1cccc(C(O)=Cc2nc3ccc(CN4CCC(C(C)(C)O)CC4)cc3n2C2CCC(C(N)=O)CC2)c1. The number of nitrogens with one attached hydrogen (secondary N) is 1. The minimum atomic E-state index is -3.77. The molecule has 0 atom stereocenters. The Bertz CT molecular complexity index is 1670. The minimum absolute atomic E-state index is 0.0382. The lowest BCUT2D eigenvalue weighted by Gasteiger charge is -2.37. The summed E-state index contributed by atoms with van der Waals surface area (Å²) in [4.78, 5) is 19.2. The maximum absolute atomic E-state index is 12.7. The first kappa shape index (κ1) is 32.9.